The van der Waals surface area contributed by atoms with E-state index >= 15 is 0 Å². The highest BCUT2D eigenvalue weighted by Crippen LogP contribution is 2.22. The van der Waals surface area contributed by atoms with Crippen molar-refractivity contribution in [1.82, 2.24) is 4.98 Å². The predicted molar refractivity (Wildman–Crippen MR) is 102 cm³/mol. The molecule has 1 heterocycles. The summed E-state index contributed by atoms with van der Waals surface area (Å²) in [7, 11) is -3.48. The van der Waals surface area contributed by atoms with Gasteiger partial charge in [-0.3, -0.25) is 4.79 Å². The minimum absolute atomic E-state index is 0.511. The first kappa shape index (κ1) is 19.5. The number of hydrogen-bond donors (Lipinski definition) is 1. The predicted octanol–water partition coefficient (Wildman–Crippen LogP) is 3.52. The van der Waals surface area contributed by atoms with Gasteiger partial charge >= 0.3 is 0 Å². The Morgan fingerprint density at radius 2 is 1.92 bits per heavy atom. The number of aromatic nitrogens is 1. The molecule has 0 saturated heterocycles. The van der Waals surface area contributed by atoms with E-state index in [4.69, 9.17) is 0 Å². The fourth-order valence-electron chi connectivity index (χ4n) is 2.13. The second-order valence-corrected chi connectivity index (χ2v) is 9.75. The summed E-state index contributed by atoms with van der Waals surface area (Å²) in [5, 5.41) is 1.95. The Balaban J connectivity index is 2.02. The lowest BCUT2D eigenvalue weighted by atomic mass is 10.2. The van der Waals surface area contributed by atoms with Crippen LogP contribution in [-0.4, -0.2) is 29.8 Å². The van der Waals surface area contributed by atoms with Crippen molar-refractivity contribution < 1.29 is 13.2 Å². The normalized spacial score (nSPS) is 12.8. The van der Waals surface area contributed by atoms with E-state index in [1.165, 1.54) is 6.92 Å². The highest BCUT2D eigenvalue weighted by Gasteiger charge is 2.30. The number of anilines is 1. The van der Waals surface area contributed by atoms with Gasteiger partial charge < -0.3 is 5.32 Å². The SMILES string of the molecule is CC(C)S(=O)(=O)C(C)C(=O)Nc1cccc(CSc2ccccn2)c1. The fourth-order valence-corrected chi connectivity index (χ4v) is 4.11. The van der Waals surface area contributed by atoms with Crippen LogP contribution in [0.2, 0.25) is 0 Å². The van der Waals surface area contributed by atoms with Crippen LogP contribution in [0, 0.1) is 0 Å². The second kappa shape index (κ2) is 8.49. The maximum atomic E-state index is 12.2. The number of nitrogens with zero attached hydrogens (tertiary/aromatic N) is 1. The van der Waals surface area contributed by atoms with Gasteiger partial charge in [0, 0.05) is 17.6 Å². The molecule has 2 aromatic rings. The zero-order chi connectivity index (χ0) is 18.4. The van der Waals surface area contributed by atoms with Crippen molar-refractivity contribution in [2.75, 3.05) is 5.32 Å². The Kier molecular flexibility index (Phi) is 6.61. The lowest BCUT2D eigenvalue weighted by Gasteiger charge is -2.16. The van der Waals surface area contributed by atoms with E-state index in [1.807, 2.05) is 36.4 Å². The molecular formula is C18H22N2O3S2. The average Bonchev–Trinajstić information content (AvgIpc) is 2.60. The number of carbonyl (C=O) groups excluding carboxylic acids is 1. The molecule has 0 aliphatic rings. The summed E-state index contributed by atoms with van der Waals surface area (Å²) in [6.45, 7) is 4.58. The standard InChI is InChI=1S/C18H22N2O3S2/c1-13(2)25(22,23)14(3)18(21)20-16-8-6-7-15(11-16)12-24-17-9-4-5-10-19-17/h4-11,13-14H,12H2,1-3H3,(H,20,21). The third kappa shape index (κ3) is 5.31. The maximum absolute atomic E-state index is 12.2. The fraction of sp³-hybridized carbons (Fsp3) is 0.333. The summed E-state index contributed by atoms with van der Waals surface area (Å²) in [6, 6.07) is 13.1. The van der Waals surface area contributed by atoms with Crippen LogP contribution in [0.5, 0.6) is 0 Å². The Morgan fingerprint density at radius 3 is 2.56 bits per heavy atom. The third-order valence-electron chi connectivity index (χ3n) is 3.74. The van der Waals surface area contributed by atoms with E-state index in [9.17, 15) is 13.2 Å². The molecule has 7 heteroatoms. The van der Waals surface area contributed by atoms with Gasteiger partial charge in [-0.05, 0) is 50.6 Å². The minimum atomic E-state index is -3.48. The lowest BCUT2D eigenvalue weighted by Crippen LogP contribution is -2.36. The first-order valence-electron chi connectivity index (χ1n) is 7.97. The molecule has 0 aliphatic carbocycles. The van der Waals surface area contributed by atoms with E-state index in [1.54, 1.807) is 37.9 Å². The Hall–Kier alpha value is -1.86. The number of amides is 1. The number of pyridine rings is 1. The van der Waals surface area contributed by atoms with Gasteiger partial charge in [0.25, 0.3) is 0 Å². The molecule has 0 bridgehead atoms. The molecule has 134 valence electrons. The van der Waals surface area contributed by atoms with E-state index in [0.717, 1.165) is 10.6 Å². The topological polar surface area (TPSA) is 76.1 Å². The molecule has 2 rings (SSSR count). The highest BCUT2D eigenvalue weighted by atomic mass is 32.2. The molecule has 1 N–H and O–H groups in total. The van der Waals surface area contributed by atoms with Gasteiger partial charge in [-0.25, -0.2) is 13.4 Å². The Bertz CT molecular complexity index is 821. The first-order chi connectivity index (χ1) is 11.8. The quantitative estimate of drug-likeness (QED) is 0.746. The molecular weight excluding hydrogens is 356 g/mol. The largest absolute Gasteiger partial charge is 0.325 e. The van der Waals surface area contributed by atoms with Gasteiger partial charge in [0.1, 0.15) is 5.25 Å². The zero-order valence-electron chi connectivity index (χ0n) is 14.5. The number of sulfone groups is 1. The van der Waals surface area contributed by atoms with Crippen LogP contribution in [0.3, 0.4) is 0 Å². The minimum Gasteiger partial charge on any atom is -0.325 e. The monoisotopic (exact) mass is 378 g/mol. The van der Waals surface area contributed by atoms with Gasteiger partial charge in [0.15, 0.2) is 9.84 Å². The summed E-state index contributed by atoms with van der Waals surface area (Å²) in [5.74, 6) is 0.198. The summed E-state index contributed by atoms with van der Waals surface area (Å²) < 4.78 is 24.2. The van der Waals surface area contributed by atoms with Crippen molar-refractivity contribution in [3.63, 3.8) is 0 Å². The lowest BCUT2D eigenvalue weighted by molar-refractivity contribution is -0.115. The average molecular weight is 379 g/mol. The van der Waals surface area contributed by atoms with E-state index in [2.05, 4.69) is 10.3 Å². The number of carbonyl (C=O) groups is 1. The molecule has 0 fully saturated rings. The van der Waals surface area contributed by atoms with Crippen molar-refractivity contribution in [2.45, 2.75) is 42.0 Å². The van der Waals surface area contributed by atoms with Crippen molar-refractivity contribution in [1.29, 1.82) is 0 Å². The summed E-state index contributed by atoms with van der Waals surface area (Å²) in [4.78, 5) is 16.5. The number of rotatable bonds is 7. The molecule has 1 aromatic heterocycles. The second-order valence-electron chi connectivity index (χ2n) is 5.93. The summed E-state index contributed by atoms with van der Waals surface area (Å²) in [6.07, 6.45) is 1.75. The molecule has 1 unspecified atom stereocenters. The van der Waals surface area contributed by atoms with E-state index < -0.39 is 26.2 Å². The van der Waals surface area contributed by atoms with E-state index in [0.29, 0.717) is 11.4 Å². The highest BCUT2D eigenvalue weighted by molar-refractivity contribution is 7.98. The molecule has 0 radical (unpaired) electrons. The van der Waals surface area contributed by atoms with Crippen molar-refractivity contribution >= 4 is 33.2 Å². The molecule has 5 nitrogen and oxygen atoms in total. The molecule has 0 aliphatic heterocycles. The molecule has 1 aromatic carbocycles. The smallest absolute Gasteiger partial charge is 0.242 e. The van der Waals surface area contributed by atoms with Crippen LogP contribution < -0.4 is 5.32 Å². The molecule has 0 saturated carbocycles. The summed E-state index contributed by atoms with van der Waals surface area (Å²) in [5.41, 5.74) is 1.61. The van der Waals surface area contributed by atoms with Gasteiger partial charge in [0.2, 0.25) is 5.91 Å². The van der Waals surface area contributed by atoms with Crippen LogP contribution in [0.1, 0.15) is 26.3 Å². The number of benzene rings is 1. The number of hydrogen-bond acceptors (Lipinski definition) is 5. The Morgan fingerprint density at radius 1 is 1.16 bits per heavy atom. The maximum Gasteiger partial charge on any atom is 0.242 e. The molecule has 1 amide bonds. The van der Waals surface area contributed by atoms with E-state index in [-0.39, 0.29) is 0 Å². The molecule has 25 heavy (non-hydrogen) atoms. The molecule has 1 atom stereocenters. The van der Waals surface area contributed by atoms with Crippen LogP contribution in [0.4, 0.5) is 5.69 Å². The zero-order valence-corrected chi connectivity index (χ0v) is 16.1. The number of thioether (sulfide) groups is 1. The summed E-state index contributed by atoms with van der Waals surface area (Å²) >= 11 is 1.60. The number of nitrogens with one attached hydrogen (secondary N) is 1. The molecule has 0 spiro atoms. The van der Waals surface area contributed by atoms with Crippen LogP contribution in [0.25, 0.3) is 0 Å². The van der Waals surface area contributed by atoms with Crippen molar-refractivity contribution in [2.24, 2.45) is 0 Å². The van der Waals surface area contributed by atoms with Crippen molar-refractivity contribution in [3.05, 3.63) is 54.2 Å². The van der Waals surface area contributed by atoms with Gasteiger partial charge in [0.05, 0.1) is 10.3 Å². The van der Waals surface area contributed by atoms with Crippen molar-refractivity contribution in [3.8, 4) is 0 Å². The van der Waals surface area contributed by atoms with Gasteiger partial charge in [-0.2, -0.15) is 0 Å². The third-order valence-corrected chi connectivity index (χ3v) is 7.27. The van der Waals surface area contributed by atoms with Gasteiger partial charge in [-0.15, -0.1) is 11.8 Å². The first-order valence-corrected chi connectivity index (χ1v) is 10.6. The van der Waals surface area contributed by atoms with Crippen LogP contribution >= 0.6 is 11.8 Å². The van der Waals surface area contributed by atoms with Crippen LogP contribution in [0.15, 0.2) is 53.7 Å². The van der Waals surface area contributed by atoms with Gasteiger partial charge in [-0.1, -0.05) is 18.2 Å². The Labute approximate surface area is 153 Å². The van der Waals surface area contributed by atoms with Crippen LogP contribution in [-0.2, 0) is 20.4 Å².